The summed E-state index contributed by atoms with van der Waals surface area (Å²) < 4.78 is 10.9. The van der Waals surface area contributed by atoms with Crippen LogP contribution in [0, 0.1) is 6.92 Å². The Kier molecular flexibility index (Phi) is 5.26. The van der Waals surface area contributed by atoms with Crippen molar-refractivity contribution in [2.24, 2.45) is 0 Å². The minimum atomic E-state index is 0.0592. The lowest BCUT2D eigenvalue weighted by Gasteiger charge is -2.16. The van der Waals surface area contributed by atoms with Gasteiger partial charge in [0.05, 0.1) is 25.8 Å². The van der Waals surface area contributed by atoms with Crippen LogP contribution < -0.4 is 14.8 Å². The lowest BCUT2D eigenvalue weighted by atomic mass is 10.2. The minimum Gasteiger partial charge on any atom is -0.493 e. The van der Waals surface area contributed by atoms with Crippen molar-refractivity contribution < 1.29 is 9.47 Å². The maximum atomic E-state index is 5.45. The number of nitrogens with one attached hydrogen (secondary N) is 1. The minimum absolute atomic E-state index is 0.0592. The van der Waals surface area contributed by atoms with E-state index >= 15 is 0 Å². The van der Waals surface area contributed by atoms with E-state index in [2.05, 4.69) is 44.3 Å². The van der Waals surface area contributed by atoms with E-state index in [0.29, 0.717) is 17.3 Å². The fraction of sp³-hybridized carbons (Fsp3) is 0.238. The summed E-state index contributed by atoms with van der Waals surface area (Å²) in [5.41, 5.74) is 1.81. The Morgan fingerprint density at radius 3 is 2.45 bits per heavy atom. The first-order chi connectivity index (χ1) is 14.1. The van der Waals surface area contributed by atoms with Crippen molar-refractivity contribution in [1.82, 2.24) is 19.9 Å². The molecule has 0 aliphatic heterocycles. The van der Waals surface area contributed by atoms with Gasteiger partial charge in [-0.15, -0.1) is 11.3 Å². The molecule has 1 atom stereocenters. The summed E-state index contributed by atoms with van der Waals surface area (Å²) in [7, 11) is 3.24. The van der Waals surface area contributed by atoms with Crippen molar-refractivity contribution >= 4 is 28.1 Å². The van der Waals surface area contributed by atoms with E-state index in [1.807, 2.05) is 31.5 Å². The first-order valence-electron chi connectivity index (χ1n) is 9.11. The number of fused-ring (bicyclic) bond motifs is 1. The van der Waals surface area contributed by atoms with Crippen LogP contribution >= 0.6 is 11.3 Å². The molecule has 8 heteroatoms. The molecule has 0 saturated heterocycles. The third-order valence-corrected chi connectivity index (χ3v) is 5.88. The van der Waals surface area contributed by atoms with Crippen LogP contribution in [0.2, 0.25) is 0 Å². The normalized spacial score (nSPS) is 12.0. The van der Waals surface area contributed by atoms with E-state index in [4.69, 9.17) is 9.47 Å². The summed E-state index contributed by atoms with van der Waals surface area (Å²) in [4.78, 5) is 19.7. The van der Waals surface area contributed by atoms with Gasteiger partial charge in [-0.25, -0.2) is 19.9 Å². The van der Waals surface area contributed by atoms with Gasteiger partial charge >= 0.3 is 0 Å². The molecule has 3 aromatic heterocycles. The summed E-state index contributed by atoms with van der Waals surface area (Å²) >= 11 is 1.71. The summed E-state index contributed by atoms with van der Waals surface area (Å²) in [5, 5.41) is 4.41. The lowest BCUT2D eigenvalue weighted by Crippen LogP contribution is -2.08. The zero-order valence-corrected chi connectivity index (χ0v) is 17.4. The highest BCUT2D eigenvalue weighted by Crippen LogP contribution is 2.36. The zero-order chi connectivity index (χ0) is 20.4. The Morgan fingerprint density at radius 1 is 1.00 bits per heavy atom. The van der Waals surface area contributed by atoms with Crippen LogP contribution in [0.15, 0.2) is 43.0 Å². The number of hydrogen-bond donors (Lipinski definition) is 1. The fourth-order valence-electron chi connectivity index (χ4n) is 3.13. The summed E-state index contributed by atoms with van der Waals surface area (Å²) in [6.45, 7) is 3.99. The summed E-state index contributed by atoms with van der Waals surface area (Å²) in [5.74, 6) is 2.74. The molecule has 0 aliphatic carbocycles. The van der Waals surface area contributed by atoms with Gasteiger partial charge in [-0.1, -0.05) is 0 Å². The van der Waals surface area contributed by atoms with E-state index < -0.39 is 0 Å². The van der Waals surface area contributed by atoms with Crippen LogP contribution in [0.4, 0.5) is 5.82 Å². The highest BCUT2D eigenvalue weighted by Gasteiger charge is 2.16. The fourth-order valence-corrected chi connectivity index (χ4v) is 4.11. The third kappa shape index (κ3) is 3.84. The second-order valence-electron chi connectivity index (χ2n) is 6.54. The lowest BCUT2D eigenvalue weighted by molar-refractivity contribution is 0.356. The van der Waals surface area contributed by atoms with Crippen LogP contribution in [0.1, 0.15) is 23.7 Å². The standard InChI is InChI=1S/C21H21N5O2S/c1-12(19-5-6-20(29-19)14-9-22-11-23-10-14)24-21-15-7-17(27-3)18(28-4)8-16(15)25-13(2)26-21/h5-12H,1-4H3,(H,24,25,26). The Bertz CT molecular complexity index is 1150. The Morgan fingerprint density at radius 2 is 1.72 bits per heavy atom. The molecular weight excluding hydrogens is 386 g/mol. The van der Waals surface area contributed by atoms with Crippen LogP contribution in [-0.2, 0) is 0 Å². The molecule has 4 rings (SSSR count). The van der Waals surface area contributed by atoms with Gasteiger partial charge in [0, 0.05) is 39.2 Å². The van der Waals surface area contributed by atoms with Gasteiger partial charge in [0.1, 0.15) is 18.0 Å². The maximum absolute atomic E-state index is 5.45. The molecule has 1 aromatic carbocycles. The number of benzene rings is 1. The van der Waals surface area contributed by atoms with Crippen molar-refractivity contribution in [3.8, 4) is 21.9 Å². The number of rotatable bonds is 6. The zero-order valence-electron chi connectivity index (χ0n) is 16.6. The molecule has 0 amide bonds. The summed E-state index contributed by atoms with van der Waals surface area (Å²) in [6, 6.07) is 8.05. The molecule has 0 bridgehead atoms. The number of nitrogens with zero attached hydrogens (tertiary/aromatic N) is 4. The summed E-state index contributed by atoms with van der Waals surface area (Å²) in [6.07, 6.45) is 5.18. The van der Waals surface area contributed by atoms with Crippen molar-refractivity contribution in [1.29, 1.82) is 0 Å². The van der Waals surface area contributed by atoms with E-state index in [9.17, 15) is 0 Å². The van der Waals surface area contributed by atoms with Gasteiger partial charge in [-0.2, -0.15) is 0 Å². The van der Waals surface area contributed by atoms with Gasteiger partial charge in [-0.05, 0) is 32.0 Å². The molecule has 1 N–H and O–H groups in total. The quantitative estimate of drug-likeness (QED) is 0.498. The largest absolute Gasteiger partial charge is 0.493 e. The van der Waals surface area contributed by atoms with E-state index in [0.717, 1.165) is 27.2 Å². The van der Waals surface area contributed by atoms with Crippen LogP contribution in [0.25, 0.3) is 21.3 Å². The van der Waals surface area contributed by atoms with Gasteiger partial charge in [0.2, 0.25) is 0 Å². The first-order valence-corrected chi connectivity index (χ1v) is 9.92. The molecule has 3 heterocycles. The van der Waals surface area contributed by atoms with Crippen LogP contribution in [-0.4, -0.2) is 34.2 Å². The molecule has 29 heavy (non-hydrogen) atoms. The molecule has 7 nitrogen and oxygen atoms in total. The highest BCUT2D eigenvalue weighted by molar-refractivity contribution is 7.15. The predicted octanol–water partition coefficient (Wildman–Crippen LogP) is 4.65. The topological polar surface area (TPSA) is 82.1 Å². The second-order valence-corrected chi connectivity index (χ2v) is 7.65. The maximum Gasteiger partial charge on any atom is 0.162 e. The highest BCUT2D eigenvalue weighted by atomic mass is 32.1. The SMILES string of the molecule is COc1cc2nc(C)nc(NC(C)c3ccc(-c4cncnc4)s3)c2cc1OC. The number of aromatic nitrogens is 4. The van der Waals surface area contributed by atoms with Crippen molar-refractivity contribution in [2.75, 3.05) is 19.5 Å². The van der Waals surface area contributed by atoms with Crippen LogP contribution in [0.3, 0.4) is 0 Å². The van der Waals surface area contributed by atoms with Crippen LogP contribution in [0.5, 0.6) is 11.5 Å². The molecule has 1 unspecified atom stereocenters. The Labute approximate surface area is 172 Å². The first kappa shape index (κ1) is 19.1. The Balaban J connectivity index is 1.67. The Hall–Kier alpha value is -3.26. The van der Waals surface area contributed by atoms with Gasteiger partial charge in [0.15, 0.2) is 11.5 Å². The molecule has 0 spiro atoms. The van der Waals surface area contributed by atoms with E-state index in [-0.39, 0.29) is 6.04 Å². The number of anilines is 1. The average molecular weight is 407 g/mol. The number of hydrogen-bond acceptors (Lipinski definition) is 8. The molecule has 0 aliphatic rings. The molecule has 4 aromatic rings. The molecular formula is C21H21N5O2S. The third-order valence-electron chi connectivity index (χ3n) is 4.56. The number of thiophene rings is 1. The second kappa shape index (κ2) is 8.00. The van der Waals surface area contributed by atoms with E-state index in [1.54, 1.807) is 25.6 Å². The molecule has 0 fully saturated rings. The predicted molar refractivity (Wildman–Crippen MR) is 115 cm³/mol. The van der Waals surface area contributed by atoms with Crippen molar-refractivity contribution in [3.05, 3.63) is 53.7 Å². The average Bonchev–Trinajstić information content (AvgIpc) is 3.24. The molecule has 0 saturated carbocycles. The smallest absolute Gasteiger partial charge is 0.162 e. The number of ether oxygens (including phenoxy) is 2. The molecule has 148 valence electrons. The van der Waals surface area contributed by atoms with Gasteiger partial charge in [-0.3, -0.25) is 0 Å². The van der Waals surface area contributed by atoms with Gasteiger partial charge < -0.3 is 14.8 Å². The van der Waals surface area contributed by atoms with E-state index in [1.165, 1.54) is 11.2 Å². The monoisotopic (exact) mass is 407 g/mol. The number of methoxy groups -OCH3 is 2. The molecule has 0 radical (unpaired) electrons. The van der Waals surface area contributed by atoms with Crippen molar-refractivity contribution in [3.63, 3.8) is 0 Å². The van der Waals surface area contributed by atoms with Crippen molar-refractivity contribution in [2.45, 2.75) is 19.9 Å². The number of aryl methyl sites for hydroxylation is 1. The van der Waals surface area contributed by atoms with Gasteiger partial charge in [0.25, 0.3) is 0 Å².